The van der Waals surface area contributed by atoms with Gasteiger partial charge in [0.2, 0.25) is 0 Å². The molecule has 0 bridgehead atoms. The van der Waals surface area contributed by atoms with Crippen molar-refractivity contribution in [2.24, 2.45) is 0 Å². The highest BCUT2D eigenvalue weighted by Gasteiger charge is 2.28. The second-order valence-corrected chi connectivity index (χ2v) is 6.83. The van der Waals surface area contributed by atoms with E-state index in [-0.39, 0.29) is 16.8 Å². The topological polar surface area (TPSA) is 30.9 Å². The number of nitrogens with zero attached hydrogens (tertiary/aromatic N) is 1. The van der Waals surface area contributed by atoms with E-state index >= 15 is 0 Å². The normalized spacial score (nSPS) is 14.6. The lowest BCUT2D eigenvalue weighted by Crippen LogP contribution is -2.43. The fraction of sp³-hybridized carbons (Fsp3) is 1.00. The Hall–Kier alpha value is -0.160. The first kappa shape index (κ1) is 15.8. The van der Waals surface area contributed by atoms with Crippen molar-refractivity contribution in [2.75, 3.05) is 0 Å². The first-order valence-electron chi connectivity index (χ1n) is 5.66. The number of rotatable bonds is 3. The van der Waals surface area contributed by atoms with Crippen LogP contribution in [0, 0.1) is 0 Å². The minimum atomic E-state index is -0.365. The van der Waals surface area contributed by atoms with Crippen LogP contribution in [0.3, 0.4) is 0 Å². The van der Waals surface area contributed by atoms with Crippen LogP contribution in [0.1, 0.15) is 62.3 Å². The Labute approximate surface area is 99.7 Å². The summed E-state index contributed by atoms with van der Waals surface area (Å²) in [6, 6.07) is 0. The summed E-state index contributed by atoms with van der Waals surface area (Å²) >= 11 is 0. The van der Waals surface area contributed by atoms with Gasteiger partial charge >= 0.3 is 0 Å². The number of hydrogen-bond donors (Lipinski definition) is 0. The fourth-order valence-corrected chi connectivity index (χ4v) is 0.727. The highest BCUT2D eigenvalue weighted by atomic mass is 17.2. The third-order valence-electron chi connectivity index (χ3n) is 1.05. The van der Waals surface area contributed by atoms with Crippen molar-refractivity contribution in [3.05, 3.63) is 0 Å². The van der Waals surface area contributed by atoms with Crippen molar-refractivity contribution in [1.29, 1.82) is 0 Å². The Morgan fingerprint density at radius 2 is 0.688 bits per heavy atom. The van der Waals surface area contributed by atoms with Crippen molar-refractivity contribution in [3.8, 4) is 0 Å². The van der Waals surface area contributed by atoms with E-state index in [0.717, 1.165) is 5.39 Å². The molecule has 0 N–H and O–H groups in total. The molecule has 98 valence electrons. The van der Waals surface area contributed by atoms with Gasteiger partial charge in [-0.3, -0.25) is 0 Å². The summed E-state index contributed by atoms with van der Waals surface area (Å²) in [6.07, 6.45) is 0. The van der Waals surface area contributed by atoms with E-state index in [2.05, 4.69) is 0 Å². The monoisotopic (exact) mass is 233 g/mol. The maximum absolute atomic E-state index is 5.58. The molecule has 0 unspecified atom stereocenters. The number of hydrogen-bond acceptors (Lipinski definition) is 4. The molecule has 0 atom stereocenters. The van der Waals surface area contributed by atoms with E-state index in [4.69, 9.17) is 14.5 Å². The van der Waals surface area contributed by atoms with Gasteiger partial charge in [0.05, 0.1) is 22.2 Å². The molecule has 0 aromatic heterocycles. The molecule has 0 saturated carbocycles. The summed E-state index contributed by atoms with van der Waals surface area (Å²) in [6.45, 7) is 17.5. The van der Waals surface area contributed by atoms with Gasteiger partial charge in [0.1, 0.15) is 0 Å². The Morgan fingerprint density at radius 1 is 0.500 bits per heavy atom. The average molecular weight is 233 g/mol. The third kappa shape index (κ3) is 10.4. The molecule has 4 heteroatoms. The van der Waals surface area contributed by atoms with E-state index in [1.54, 1.807) is 0 Å². The van der Waals surface area contributed by atoms with Crippen LogP contribution >= 0.6 is 0 Å². The SMILES string of the molecule is CC(C)(C)ON(OC(C)(C)C)OC(C)(C)C. The van der Waals surface area contributed by atoms with Crippen molar-refractivity contribution < 1.29 is 14.5 Å². The fourth-order valence-electron chi connectivity index (χ4n) is 0.727. The summed E-state index contributed by atoms with van der Waals surface area (Å²) in [4.78, 5) is 16.7. The maximum Gasteiger partial charge on any atom is 0.0867 e. The van der Waals surface area contributed by atoms with E-state index in [1.807, 2.05) is 62.3 Å². The van der Waals surface area contributed by atoms with E-state index in [0.29, 0.717) is 0 Å². The van der Waals surface area contributed by atoms with Crippen LogP contribution in [0.5, 0.6) is 0 Å². The second-order valence-electron chi connectivity index (χ2n) is 6.83. The molecule has 4 nitrogen and oxygen atoms in total. The molecule has 0 aromatic carbocycles. The molecule has 0 aromatic rings. The standard InChI is InChI=1S/C12H27NO3/c1-10(2,3)14-13(15-11(4,5)6)16-12(7,8)9/h1-9H3. The van der Waals surface area contributed by atoms with Crippen LogP contribution in [0.25, 0.3) is 0 Å². The van der Waals surface area contributed by atoms with Crippen LogP contribution < -0.4 is 0 Å². The lowest BCUT2D eigenvalue weighted by molar-refractivity contribution is -0.580. The van der Waals surface area contributed by atoms with Gasteiger partial charge in [0.25, 0.3) is 0 Å². The smallest absolute Gasteiger partial charge is 0.0867 e. The van der Waals surface area contributed by atoms with Crippen molar-refractivity contribution in [1.82, 2.24) is 5.39 Å². The molecule has 0 aliphatic carbocycles. The molecule has 0 spiro atoms. The van der Waals surface area contributed by atoms with Crippen molar-refractivity contribution in [2.45, 2.75) is 79.1 Å². The van der Waals surface area contributed by atoms with Crippen molar-refractivity contribution in [3.63, 3.8) is 0 Å². The molecule has 0 aliphatic heterocycles. The van der Waals surface area contributed by atoms with Gasteiger partial charge in [-0.25, -0.2) is 14.5 Å². The molecule has 0 amide bonds. The highest BCUT2D eigenvalue weighted by molar-refractivity contribution is 4.60. The van der Waals surface area contributed by atoms with Crippen LogP contribution in [0.2, 0.25) is 0 Å². The third-order valence-corrected chi connectivity index (χ3v) is 1.05. The van der Waals surface area contributed by atoms with Gasteiger partial charge in [-0.15, -0.1) is 0 Å². The second kappa shape index (κ2) is 5.00. The lowest BCUT2D eigenvalue weighted by Gasteiger charge is -2.35. The zero-order chi connectivity index (χ0) is 13.2. The Balaban J connectivity index is 4.53. The maximum atomic E-state index is 5.58. The van der Waals surface area contributed by atoms with E-state index in [9.17, 15) is 0 Å². The van der Waals surface area contributed by atoms with Crippen LogP contribution in [-0.4, -0.2) is 22.2 Å². The van der Waals surface area contributed by atoms with Gasteiger partial charge in [-0.2, -0.15) is 0 Å². The molecule has 0 saturated heterocycles. The van der Waals surface area contributed by atoms with E-state index in [1.165, 1.54) is 0 Å². The zero-order valence-electron chi connectivity index (χ0n) is 12.2. The van der Waals surface area contributed by atoms with Gasteiger partial charge in [-0.1, -0.05) is 0 Å². The highest BCUT2D eigenvalue weighted by Crippen LogP contribution is 2.21. The minimum absolute atomic E-state index is 0.365. The Kier molecular flexibility index (Phi) is 4.95. The summed E-state index contributed by atoms with van der Waals surface area (Å²) < 4.78 is 0. The summed E-state index contributed by atoms with van der Waals surface area (Å²) in [7, 11) is 0. The Bertz CT molecular complexity index is 170. The summed E-state index contributed by atoms with van der Waals surface area (Å²) in [5.74, 6) is 0. The van der Waals surface area contributed by atoms with Crippen LogP contribution in [0.15, 0.2) is 0 Å². The van der Waals surface area contributed by atoms with Crippen molar-refractivity contribution >= 4 is 0 Å². The molecule has 0 aliphatic rings. The minimum Gasteiger partial charge on any atom is -0.245 e. The molecule has 16 heavy (non-hydrogen) atoms. The predicted octanol–water partition coefficient (Wildman–Crippen LogP) is 3.48. The quantitative estimate of drug-likeness (QED) is 0.698. The molecular weight excluding hydrogens is 206 g/mol. The lowest BCUT2D eigenvalue weighted by atomic mass is 10.2. The van der Waals surface area contributed by atoms with Gasteiger partial charge < -0.3 is 0 Å². The van der Waals surface area contributed by atoms with Gasteiger partial charge in [0.15, 0.2) is 0 Å². The first-order chi connectivity index (χ1) is 6.79. The predicted molar refractivity (Wildman–Crippen MR) is 64.4 cm³/mol. The van der Waals surface area contributed by atoms with Gasteiger partial charge in [-0.05, 0) is 62.3 Å². The zero-order valence-corrected chi connectivity index (χ0v) is 12.2. The van der Waals surface area contributed by atoms with Crippen LogP contribution in [-0.2, 0) is 14.5 Å². The molecule has 0 fully saturated rings. The molecular formula is C12H27NO3. The van der Waals surface area contributed by atoms with E-state index < -0.39 is 0 Å². The molecule has 0 heterocycles. The first-order valence-corrected chi connectivity index (χ1v) is 5.66. The average Bonchev–Trinajstić information content (AvgIpc) is 1.70. The molecule has 0 rings (SSSR count). The largest absolute Gasteiger partial charge is 0.245 e. The summed E-state index contributed by atoms with van der Waals surface area (Å²) in [5, 5.41) is 1.12. The Morgan fingerprint density at radius 3 is 0.812 bits per heavy atom. The van der Waals surface area contributed by atoms with Crippen LogP contribution in [0.4, 0.5) is 0 Å². The van der Waals surface area contributed by atoms with Gasteiger partial charge in [0, 0.05) is 0 Å². The molecule has 0 radical (unpaired) electrons. The summed E-state index contributed by atoms with van der Waals surface area (Å²) in [5.41, 5.74) is -1.09.